The molecule has 2 unspecified atom stereocenters. The molecule has 3 aromatic rings. The van der Waals surface area contributed by atoms with Crippen LogP contribution in [0.3, 0.4) is 0 Å². The second kappa shape index (κ2) is 10.7. The van der Waals surface area contributed by atoms with Crippen LogP contribution in [0.15, 0.2) is 84.9 Å². The van der Waals surface area contributed by atoms with Gasteiger partial charge in [-0.2, -0.15) is 12.6 Å². The highest BCUT2D eigenvalue weighted by atomic mass is 32.1. The number of amides is 2. The topological polar surface area (TPSA) is 58.2 Å². The van der Waals surface area contributed by atoms with Crippen LogP contribution in [0.2, 0.25) is 0 Å². The van der Waals surface area contributed by atoms with Gasteiger partial charge >= 0.3 is 0 Å². The maximum Gasteiger partial charge on any atom is 0.251 e. The van der Waals surface area contributed by atoms with Crippen LogP contribution >= 0.6 is 12.6 Å². The first kappa shape index (κ1) is 21.7. The van der Waals surface area contributed by atoms with Crippen molar-refractivity contribution in [3.63, 3.8) is 0 Å². The number of para-hydroxylation sites is 1. The Labute approximate surface area is 183 Å². The fourth-order valence-electron chi connectivity index (χ4n) is 3.47. The molecule has 3 aromatic carbocycles. The Morgan fingerprint density at radius 1 is 0.833 bits per heavy atom. The van der Waals surface area contributed by atoms with Crippen molar-refractivity contribution in [2.24, 2.45) is 0 Å². The molecule has 2 atom stereocenters. The summed E-state index contributed by atoms with van der Waals surface area (Å²) in [5.41, 5.74) is 3.32. The molecule has 30 heavy (non-hydrogen) atoms. The van der Waals surface area contributed by atoms with Gasteiger partial charge in [-0.05, 0) is 35.6 Å². The summed E-state index contributed by atoms with van der Waals surface area (Å²) in [5.74, 6) is -0.0306. The highest BCUT2D eigenvalue weighted by Gasteiger charge is 2.28. The predicted octanol–water partition coefficient (Wildman–Crippen LogP) is 3.44. The van der Waals surface area contributed by atoms with Crippen LogP contribution in [0.1, 0.15) is 33.2 Å². The molecule has 0 aromatic heterocycles. The highest BCUT2D eigenvalue weighted by molar-refractivity contribution is 7.80. The predicted molar refractivity (Wildman–Crippen MR) is 128 cm³/mol. The number of rotatable bonds is 8. The van der Waals surface area contributed by atoms with Gasteiger partial charge in [0, 0.05) is 23.5 Å². The summed E-state index contributed by atoms with van der Waals surface area (Å²) < 4.78 is 0. The summed E-state index contributed by atoms with van der Waals surface area (Å²) >= 11 is 4.11. The van der Waals surface area contributed by atoms with Crippen LogP contribution in [-0.4, -0.2) is 32.0 Å². The number of anilines is 1. The van der Waals surface area contributed by atoms with Gasteiger partial charge in [-0.25, -0.2) is 0 Å². The fourth-order valence-corrected chi connectivity index (χ4v) is 3.58. The first-order valence-electron chi connectivity index (χ1n) is 10.00. The Kier molecular flexibility index (Phi) is 7.74. The van der Waals surface area contributed by atoms with E-state index in [2.05, 4.69) is 23.3 Å². The molecule has 3 rings (SSSR count). The van der Waals surface area contributed by atoms with Gasteiger partial charge in [0.15, 0.2) is 0 Å². The van der Waals surface area contributed by atoms with Gasteiger partial charge in [0.05, 0.1) is 5.92 Å². The van der Waals surface area contributed by atoms with E-state index >= 15 is 0 Å². The molecule has 0 aliphatic heterocycles. The van der Waals surface area contributed by atoms with Gasteiger partial charge in [0.1, 0.15) is 7.85 Å². The van der Waals surface area contributed by atoms with Crippen LogP contribution in [0.5, 0.6) is 0 Å². The average Bonchev–Trinajstić information content (AvgIpc) is 2.79. The minimum Gasteiger partial charge on any atom is -0.351 e. The molecule has 0 heterocycles. The average molecular weight is 416 g/mol. The number of nitrogens with one attached hydrogen (secondary N) is 2. The number of carbonyl (C=O) groups excluding carboxylic acids is 2. The van der Waals surface area contributed by atoms with Gasteiger partial charge < -0.3 is 10.6 Å². The summed E-state index contributed by atoms with van der Waals surface area (Å²) in [6.07, 6.45) is 0. The number of carbonyl (C=O) groups is 2. The third-order valence-corrected chi connectivity index (χ3v) is 5.30. The van der Waals surface area contributed by atoms with Crippen LogP contribution in [0.25, 0.3) is 0 Å². The molecule has 0 radical (unpaired) electrons. The number of benzene rings is 3. The first-order valence-corrected chi connectivity index (χ1v) is 10.6. The molecule has 0 spiro atoms. The van der Waals surface area contributed by atoms with E-state index in [1.54, 1.807) is 12.1 Å². The lowest BCUT2D eigenvalue weighted by atomic mass is 9.69. The van der Waals surface area contributed by atoms with Crippen molar-refractivity contribution in [1.29, 1.82) is 0 Å². The second-order valence-corrected chi connectivity index (χ2v) is 7.58. The standard InChI is InChI=1S/C24H25BN2O2S/c25-22(18-11-13-19(14-12-18)23(28)26-15-16-30)21(17-7-3-1-4-8-17)24(29)27-20-9-5-2-6-10-20/h1-14,21-22,30H,15-16,25H2,(H,26,28)(H,27,29). The lowest BCUT2D eigenvalue weighted by Crippen LogP contribution is -2.27. The zero-order chi connectivity index (χ0) is 21.3. The first-order chi connectivity index (χ1) is 14.6. The molecule has 0 fully saturated rings. The van der Waals surface area contributed by atoms with Gasteiger partial charge in [0.25, 0.3) is 5.91 Å². The summed E-state index contributed by atoms with van der Waals surface area (Å²) in [7, 11) is 2.04. The summed E-state index contributed by atoms with van der Waals surface area (Å²) in [5, 5.41) is 5.85. The molecule has 0 saturated carbocycles. The van der Waals surface area contributed by atoms with Crippen molar-refractivity contribution in [2.45, 2.75) is 11.7 Å². The van der Waals surface area contributed by atoms with E-state index in [1.165, 1.54) is 0 Å². The molecule has 6 heteroatoms. The zero-order valence-corrected chi connectivity index (χ0v) is 17.8. The Morgan fingerprint density at radius 2 is 1.43 bits per heavy atom. The Morgan fingerprint density at radius 3 is 2.03 bits per heavy atom. The second-order valence-electron chi connectivity index (χ2n) is 7.13. The third-order valence-electron chi connectivity index (χ3n) is 5.08. The third kappa shape index (κ3) is 5.54. The van der Waals surface area contributed by atoms with Crippen molar-refractivity contribution in [3.05, 3.63) is 102 Å². The molecule has 2 N–H and O–H groups in total. The number of hydrogen-bond acceptors (Lipinski definition) is 3. The van der Waals surface area contributed by atoms with E-state index in [0.717, 1.165) is 16.8 Å². The Balaban J connectivity index is 1.84. The van der Waals surface area contributed by atoms with Crippen molar-refractivity contribution in [3.8, 4) is 0 Å². The lowest BCUT2D eigenvalue weighted by Gasteiger charge is -2.24. The van der Waals surface area contributed by atoms with Gasteiger partial charge in [0.2, 0.25) is 5.91 Å². The van der Waals surface area contributed by atoms with Crippen molar-refractivity contribution in [1.82, 2.24) is 5.32 Å². The Bertz CT molecular complexity index is 966. The van der Waals surface area contributed by atoms with Crippen LogP contribution in [-0.2, 0) is 4.79 Å². The van der Waals surface area contributed by atoms with Crippen molar-refractivity contribution >= 4 is 38.0 Å². The minimum absolute atomic E-state index is 0.0597. The molecular formula is C24H25BN2O2S. The monoisotopic (exact) mass is 416 g/mol. The highest BCUT2D eigenvalue weighted by Crippen LogP contribution is 2.32. The van der Waals surface area contributed by atoms with Crippen LogP contribution in [0.4, 0.5) is 5.69 Å². The fraction of sp³-hybridized carbons (Fsp3) is 0.167. The maximum absolute atomic E-state index is 13.2. The van der Waals surface area contributed by atoms with E-state index in [1.807, 2.05) is 80.6 Å². The van der Waals surface area contributed by atoms with Crippen LogP contribution < -0.4 is 10.6 Å². The molecule has 2 amide bonds. The molecule has 0 aliphatic carbocycles. The van der Waals surface area contributed by atoms with Crippen molar-refractivity contribution in [2.75, 3.05) is 17.6 Å². The number of thiol groups is 1. The largest absolute Gasteiger partial charge is 0.351 e. The normalized spacial score (nSPS) is 12.6. The van der Waals surface area contributed by atoms with E-state index in [9.17, 15) is 9.59 Å². The smallest absolute Gasteiger partial charge is 0.251 e. The molecule has 0 saturated heterocycles. The molecular weight excluding hydrogens is 391 g/mol. The van der Waals surface area contributed by atoms with E-state index in [-0.39, 0.29) is 23.5 Å². The SMILES string of the molecule is BC(c1ccc(C(=O)NCCS)cc1)C(C(=O)Nc1ccccc1)c1ccccc1. The summed E-state index contributed by atoms with van der Waals surface area (Å²) in [6, 6.07) is 26.7. The molecule has 0 bridgehead atoms. The number of hydrogen-bond donors (Lipinski definition) is 3. The van der Waals surface area contributed by atoms with E-state index < -0.39 is 0 Å². The minimum atomic E-state index is -0.365. The lowest BCUT2D eigenvalue weighted by molar-refractivity contribution is -0.117. The zero-order valence-electron chi connectivity index (χ0n) is 16.9. The molecule has 4 nitrogen and oxygen atoms in total. The van der Waals surface area contributed by atoms with E-state index in [0.29, 0.717) is 17.9 Å². The molecule has 0 aliphatic rings. The molecule has 152 valence electrons. The van der Waals surface area contributed by atoms with Gasteiger partial charge in [-0.1, -0.05) is 66.2 Å². The quantitative estimate of drug-likeness (QED) is 0.389. The summed E-state index contributed by atoms with van der Waals surface area (Å²) in [4.78, 5) is 25.4. The van der Waals surface area contributed by atoms with Gasteiger partial charge in [-0.3, -0.25) is 9.59 Å². The summed E-state index contributed by atoms with van der Waals surface area (Å²) in [6.45, 7) is 0.524. The van der Waals surface area contributed by atoms with E-state index in [4.69, 9.17) is 0 Å². The maximum atomic E-state index is 13.2. The van der Waals surface area contributed by atoms with Crippen molar-refractivity contribution < 1.29 is 9.59 Å². The Hall–Kier alpha value is -2.99. The van der Waals surface area contributed by atoms with Gasteiger partial charge in [-0.15, -0.1) is 0 Å². The van der Waals surface area contributed by atoms with Crippen LogP contribution in [0, 0.1) is 0 Å².